The number of aryl methyl sites for hydroxylation is 1. The number of rotatable bonds is 8. The quantitative estimate of drug-likeness (QED) is 0.581. The van der Waals surface area contributed by atoms with E-state index < -0.39 is 34.0 Å². The molecule has 9 heteroatoms. The minimum atomic E-state index is -3.81. The van der Waals surface area contributed by atoms with Crippen LogP contribution in [0.2, 0.25) is 5.02 Å². The number of benzene rings is 2. The van der Waals surface area contributed by atoms with Gasteiger partial charge in [0.05, 0.1) is 10.5 Å². The molecule has 31 heavy (non-hydrogen) atoms. The van der Waals surface area contributed by atoms with Crippen LogP contribution in [-0.2, 0) is 26.0 Å². The smallest absolute Gasteiger partial charge is 0.338 e. The van der Waals surface area contributed by atoms with Crippen molar-refractivity contribution < 1.29 is 22.7 Å². The van der Waals surface area contributed by atoms with E-state index in [9.17, 15) is 18.0 Å². The van der Waals surface area contributed by atoms with E-state index in [0.717, 1.165) is 5.56 Å². The van der Waals surface area contributed by atoms with Crippen molar-refractivity contribution in [1.29, 1.82) is 0 Å². The molecule has 0 fully saturated rings. The van der Waals surface area contributed by atoms with Crippen LogP contribution in [0.4, 0.5) is 0 Å². The topological polar surface area (TPSA) is 102 Å². The maximum atomic E-state index is 12.5. The summed E-state index contributed by atoms with van der Waals surface area (Å²) in [6.45, 7) is 6.74. The van der Waals surface area contributed by atoms with Crippen molar-refractivity contribution in [1.82, 2.24) is 10.0 Å². The predicted octanol–water partition coefficient (Wildman–Crippen LogP) is 3.24. The van der Waals surface area contributed by atoms with Crippen LogP contribution >= 0.6 is 11.6 Å². The molecular weight excluding hydrogens is 440 g/mol. The third-order valence-electron chi connectivity index (χ3n) is 4.16. The fraction of sp³-hybridized carbons (Fsp3) is 0.364. The second-order valence-corrected chi connectivity index (χ2v) is 10.3. The van der Waals surface area contributed by atoms with E-state index in [2.05, 4.69) is 10.0 Å². The molecule has 0 aromatic heterocycles. The molecule has 2 aromatic rings. The first-order chi connectivity index (χ1) is 14.4. The molecule has 0 atom stereocenters. The first-order valence-corrected chi connectivity index (χ1v) is 11.6. The molecule has 0 aliphatic rings. The largest absolute Gasteiger partial charge is 0.452 e. The number of ether oxygens (including phenoxy) is 1. The summed E-state index contributed by atoms with van der Waals surface area (Å²) in [5, 5.41) is 3.31. The van der Waals surface area contributed by atoms with Gasteiger partial charge in [-0.1, -0.05) is 29.8 Å². The minimum absolute atomic E-state index is 0.0487. The molecule has 2 N–H and O–H groups in total. The van der Waals surface area contributed by atoms with Crippen molar-refractivity contribution in [2.24, 2.45) is 0 Å². The lowest BCUT2D eigenvalue weighted by Gasteiger charge is -2.20. The summed E-state index contributed by atoms with van der Waals surface area (Å²) < 4.78 is 32.6. The molecule has 0 radical (unpaired) electrons. The number of esters is 1. The van der Waals surface area contributed by atoms with E-state index >= 15 is 0 Å². The van der Waals surface area contributed by atoms with Crippen LogP contribution in [0.25, 0.3) is 0 Å². The van der Waals surface area contributed by atoms with Gasteiger partial charge in [-0.25, -0.2) is 17.9 Å². The van der Waals surface area contributed by atoms with E-state index in [0.29, 0.717) is 23.6 Å². The van der Waals surface area contributed by atoms with Gasteiger partial charge in [-0.15, -0.1) is 0 Å². The van der Waals surface area contributed by atoms with Crippen LogP contribution in [0.1, 0.15) is 42.3 Å². The predicted molar refractivity (Wildman–Crippen MR) is 120 cm³/mol. The third-order valence-corrected chi connectivity index (χ3v) is 6.17. The van der Waals surface area contributed by atoms with Gasteiger partial charge in [0.15, 0.2) is 6.61 Å². The number of halogens is 1. The van der Waals surface area contributed by atoms with Crippen LogP contribution in [0.5, 0.6) is 0 Å². The number of hydrogen-bond acceptors (Lipinski definition) is 5. The molecule has 0 spiro atoms. The molecule has 7 nitrogen and oxygen atoms in total. The van der Waals surface area contributed by atoms with Gasteiger partial charge in [0.25, 0.3) is 5.91 Å². The Morgan fingerprint density at radius 1 is 1.06 bits per heavy atom. The standard InChI is InChI=1S/C22H27ClN2O5S/c1-15-5-10-18(31(28,29)25-22(2,3)4)13-19(15)21(27)30-14-20(26)24-12-11-16-6-8-17(23)9-7-16/h5-10,13,25H,11-12,14H2,1-4H3,(H,24,26). The van der Waals surface area contributed by atoms with Gasteiger partial charge in [-0.2, -0.15) is 0 Å². The zero-order chi connectivity index (χ0) is 23.2. The van der Waals surface area contributed by atoms with E-state index in [1.807, 2.05) is 12.1 Å². The molecule has 2 aromatic carbocycles. The zero-order valence-corrected chi connectivity index (χ0v) is 19.6. The van der Waals surface area contributed by atoms with Gasteiger partial charge in [-0.3, -0.25) is 4.79 Å². The molecular formula is C22H27ClN2O5S. The lowest BCUT2D eigenvalue weighted by atomic mass is 10.1. The first kappa shape index (κ1) is 24.8. The van der Waals surface area contributed by atoms with Crippen molar-refractivity contribution in [3.63, 3.8) is 0 Å². The molecule has 0 bridgehead atoms. The summed E-state index contributed by atoms with van der Waals surface area (Å²) >= 11 is 5.84. The zero-order valence-electron chi connectivity index (χ0n) is 18.0. The average molecular weight is 467 g/mol. The maximum Gasteiger partial charge on any atom is 0.338 e. The fourth-order valence-corrected chi connectivity index (χ4v) is 4.28. The Bertz CT molecular complexity index is 1040. The number of hydrogen-bond donors (Lipinski definition) is 2. The summed E-state index contributed by atoms with van der Waals surface area (Å²) in [6, 6.07) is 11.5. The highest BCUT2D eigenvalue weighted by molar-refractivity contribution is 7.89. The van der Waals surface area contributed by atoms with Crippen molar-refractivity contribution in [2.45, 2.75) is 44.6 Å². The molecule has 0 aliphatic carbocycles. The molecule has 0 saturated heterocycles. The Hall–Kier alpha value is -2.42. The second kappa shape index (κ2) is 10.3. The molecule has 2 rings (SSSR count). The summed E-state index contributed by atoms with van der Waals surface area (Å²) in [7, 11) is -3.81. The van der Waals surface area contributed by atoms with Gasteiger partial charge in [-0.05, 0) is 69.5 Å². The number of amides is 1. The lowest BCUT2D eigenvalue weighted by molar-refractivity contribution is -0.124. The average Bonchev–Trinajstić information content (AvgIpc) is 2.66. The Morgan fingerprint density at radius 3 is 2.32 bits per heavy atom. The van der Waals surface area contributed by atoms with Crippen LogP contribution in [0.15, 0.2) is 47.4 Å². The highest BCUT2D eigenvalue weighted by Crippen LogP contribution is 2.18. The number of carbonyl (C=O) groups is 2. The Kier molecular flexibility index (Phi) is 8.22. The first-order valence-electron chi connectivity index (χ1n) is 9.70. The van der Waals surface area contributed by atoms with Crippen LogP contribution in [0.3, 0.4) is 0 Å². The number of nitrogens with one attached hydrogen (secondary N) is 2. The monoisotopic (exact) mass is 466 g/mol. The summed E-state index contributed by atoms with van der Waals surface area (Å²) in [6.07, 6.45) is 0.608. The van der Waals surface area contributed by atoms with E-state index in [-0.39, 0.29) is 10.5 Å². The van der Waals surface area contributed by atoms with E-state index in [1.165, 1.54) is 18.2 Å². The van der Waals surface area contributed by atoms with Crippen LogP contribution in [0, 0.1) is 6.92 Å². The van der Waals surface area contributed by atoms with Gasteiger partial charge in [0, 0.05) is 17.1 Å². The van der Waals surface area contributed by atoms with Gasteiger partial charge in [0.2, 0.25) is 10.0 Å². The SMILES string of the molecule is Cc1ccc(S(=O)(=O)NC(C)(C)C)cc1C(=O)OCC(=O)NCCc1ccc(Cl)cc1. The Labute approximate surface area is 188 Å². The fourth-order valence-electron chi connectivity index (χ4n) is 2.71. The lowest BCUT2D eigenvalue weighted by Crippen LogP contribution is -2.40. The Balaban J connectivity index is 1.94. The van der Waals surface area contributed by atoms with Crippen LogP contribution < -0.4 is 10.0 Å². The summed E-state index contributed by atoms with van der Waals surface area (Å²) in [5.41, 5.74) is 0.974. The highest BCUT2D eigenvalue weighted by Gasteiger charge is 2.24. The minimum Gasteiger partial charge on any atom is -0.452 e. The third kappa shape index (κ3) is 7.97. The molecule has 168 valence electrons. The number of carbonyl (C=O) groups excluding carboxylic acids is 2. The molecule has 1 amide bonds. The highest BCUT2D eigenvalue weighted by atomic mass is 35.5. The van der Waals surface area contributed by atoms with E-state index in [1.54, 1.807) is 39.8 Å². The van der Waals surface area contributed by atoms with E-state index in [4.69, 9.17) is 16.3 Å². The second-order valence-electron chi connectivity index (χ2n) is 8.13. The van der Waals surface area contributed by atoms with Gasteiger partial charge < -0.3 is 10.1 Å². The summed E-state index contributed by atoms with van der Waals surface area (Å²) in [5.74, 6) is -1.21. The number of sulfonamides is 1. The molecule has 0 saturated carbocycles. The maximum absolute atomic E-state index is 12.5. The van der Waals surface area contributed by atoms with Crippen molar-refractivity contribution in [2.75, 3.05) is 13.2 Å². The van der Waals surface area contributed by atoms with Crippen molar-refractivity contribution in [3.05, 3.63) is 64.2 Å². The van der Waals surface area contributed by atoms with Crippen molar-refractivity contribution >= 4 is 33.5 Å². The molecule has 0 heterocycles. The van der Waals surface area contributed by atoms with Crippen LogP contribution in [-0.4, -0.2) is 39.0 Å². The van der Waals surface area contributed by atoms with Crippen molar-refractivity contribution in [3.8, 4) is 0 Å². The normalized spacial score (nSPS) is 11.8. The van der Waals surface area contributed by atoms with Gasteiger partial charge in [0.1, 0.15) is 0 Å². The van der Waals surface area contributed by atoms with Gasteiger partial charge >= 0.3 is 5.97 Å². The molecule has 0 unspecified atom stereocenters. The summed E-state index contributed by atoms with van der Waals surface area (Å²) in [4.78, 5) is 24.4. The Morgan fingerprint density at radius 2 is 1.71 bits per heavy atom. The molecule has 0 aliphatic heterocycles.